The highest BCUT2D eigenvalue weighted by Crippen LogP contribution is 2.27. The molecule has 3 amide bonds. The normalized spacial score (nSPS) is 14.7. The fourth-order valence-corrected chi connectivity index (χ4v) is 3.23. The number of nitrogens with zero attached hydrogens (tertiary/aromatic N) is 1. The molecule has 0 spiro atoms. The molecule has 0 saturated carbocycles. The van der Waals surface area contributed by atoms with Crippen molar-refractivity contribution in [2.75, 3.05) is 25.0 Å². The summed E-state index contributed by atoms with van der Waals surface area (Å²) in [6.07, 6.45) is 4.32. The molecule has 1 fully saturated rings. The van der Waals surface area contributed by atoms with E-state index in [-0.39, 0.29) is 18.0 Å². The number of benzene rings is 1. The molecule has 0 aliphatic carbocycles. The number of furan rings is 1. The second kappa shape index (κ2) is 8.81. The molecule has 1 aromatic heterocycles. The minimum absolute atomic E-state index is 0.0107. The van der Waals surface area contributed by atoms with Gasteiger partial charge in [0.2, 0.25) is 0 Å². The van der Waals surface area contributed by atoms with Crippen LogP contribution in [0.25, 0.3) is 0 Å². The van der Waals surface area contributed by atoms with Crippen LogP contribution in [0.2, 0.25) is 5.02 Å². The molecule has 2 aromatic rings. The third-order valence-corrected chi connectivity index (χ3v) is 4.67. The maximum Gasteiger partial charge on any atom is 0.319 e. The molecule has 3 rings (SSSR count). The number of anilines is 1. The topological polar surface area (TPSA) is 83.8 Å². The van der Waals surface area contributed by atoms with Crippen LogP contribution in [0.4, 0.5) is 10.5 Å². The van der Waals surface area contributed by atoms with Crippen LogP contribution in [0.5, 0.6) is 5.75 Å². The third kappa shape index (κ3) is 4.95. The Bertz CT molecular complexity index is 786. The summed E-state index contributed by atoms with van der Waals surface area (Å²) in [7, 11) is 0. The Morgan fingerprint density at radius 2 is 2.07 bits per heavy atom. The molecule has 0 atom stereocenters. The van der Waals surface area contributed by atoms with Crippen molar-refractivity contribution in [1.82, 2.24) is 10.2 Å². The third-order valence-electron chi connectivity index (χ3n) is 4.38. The first-order valence-electron chi connectivity index (χ1n) is 8.88. The Morgan fingerprint density at radius 3 is 2.70 bits per heavy atom. The molecule has 1 saturated heterocycles. The summed E-state index contributed by atoms with van der Waals surface area (Å²) in [5.74, 6) is 0.537. The van der Waals surface area contributed by atoms with Gasteiger partial charge in [0.1, 0.15) is 12.0 Å². The Hall–Kier alpha value is -2.67. The molecule has 0 unspecified atom stereocenters. The van der Waals surface area contributed by atoms with Gasteiger partial charge in [0.25, 0.3) is 5.91 Å². The van der Waals surface area contributed by atoms with E-state index in [0.29, 0.717) is 54.6 Å². The number of hydrogen-bond acceptors (Lipinski definition) is 4. The number of carbonyl (C=O) groups excluding carboxylic acids is 2. The lowest BCUT2D eigenvalue weighted by Crippen LogP contribution is -2.47. The van der Waals surface area contributed by atoms with Crippen molar-refractivity contribution in [1.29, 1.82) is 0 Å². The highest BCUT2D eigenvalue weighted by molar-refractivity contribution is 6.32. The van der Waals surface area contributed by atoms with Crippen LogP contribution in [-0.2, 0) is 0 Å². The summed E-state index contributed by atoms with van der Waals surface area (Å²) < 4.78 is 10.3. The lowest BCUT2D eigenvalue weighted by Gasteiger charge is -2.32. The SMILES string of the molecule is CCOc1ccc(NC(=O)NC2CCN(C(=O)c3ccoc3)CC2)cc1Cl. The first kappa shape index (κ1) is 19.1. The van der Waals surface area contributed by atoms with Crippen molar-refractivity contribution in [2.24, 2.45) is 0 Å². The van der Waals surface area contributed by atoms with Crippen LogP contribution in [-0.4, -0.2) is 42.6 Å². The zero-order valence-electron chi connectivity index (χ0n) is 15.0. The lowest BCUT2D eigenvalue weighted by atomic mass is 10.0. The fourth-order valence-electron chi connectivity index (χ4n) is 3.00. The average Bonchev–Trinajstić information content (AvgIpc) is 3.19. The number of carbonyl (C=O) groups is 2. The highest BCUT2D eigenvalue weighted by atomic mass is 35.5. The van der Waals surface area contributed by atoms with Crippen molar-refractivity contribution in [3.05, 3.63) is 47.4 Å². The van der Waals surface area contributed by atoms with Gasteiger partial charge in [-0.05, 0) is 44.0 Å². The molecule has 2 N–H and O–H groups in total. The van der Waals surface area contributed by atoms with Crippen LogP contribution in [0.3, 0.4) is 0 Å². The number of hydrogen-bond donors (Lipinski definition) is 2. The van der Waals surface area contributed by atoms with E-state index < -0.39 is 0 Å². The van der Waals surface area contributed by atoms with E-state index >= 15 is 0 Å². The number of ether oxygens (including phenoxy) is 1. The molecule has 144 valence electrons. The molecule has 1 aromatic carbocycles. The number of urea groups is 1. The van der Waals surface area contributed by atoms with Crippen molar-refractivity contribution in [3.63, 3.8) is 0 Å². The van der Waals surface area contributed by atoms with Gasteiger partial charge in [0.15, 0.2) is 0 Å². The molecule has 2 heterocycles. The van der Waals surface area contributed by atoms with Crippen LogP contribution < -0.4 is 15.4 Å². The quantitative estimate of drug-likeness (QED) is 0.812. The number of halogens is 1. The molecular weight excluding hydrogens is 370 g/mol. The Balaban J connectivity index is 1.47. The van der Waals surface area contributed by atoms with E-state index in [4.69, 9.17) is 20.8 Å². The number of rotatable bonds is 5. The minimum atomic E-state index is -0.296. The number of amides is 3. The predicted octanol–water partition coefficient (Wildman–Crippen LogP) is 3.76. The number of likely N-dealkylation sites (tertiary alicyclic amines) is 1. The predicted molar refractivity (Wildman–Crippen MR) is 102 cm³/mol. The van der Waals surface area contributed by atoms with Gasteiger partial charge >= 0.3 is 6.03 Å². The molecular formula is C19H22ClN3O4. The van der Waals surface area contributed by atoms with Crippen molar-refractivity contribution in [2.45, 2.75) is 25.8 Å². The number of piperidine rings is 1. The lowest BCUT2D eigenvalue weighted by molar-refractivity contribution is 0.0708. The van der Waals surface area contributed by atoms with E-state index in [1.807, 2.05) is 6.92 Å². The Morgan fingerprint density at radius 1 is 1.30 bits per heavy atom. The highest BCUT2D eigenvalue weighted by Gasteiger charge is 2.25. The van der Waals surface area contributed by atoms with Gasteiger partial charge in [0, 0.05) is 24.8 Å². The van der Waals surface area contributed by atoms with Gasteiger partial charge in [-0.25, -0.2) is 4.79 Å². The van der Waals surface area contributed by atoms with Crippen molar-refractivity contribution >= 4 is 29.2 Å². The van der Waals surface area contributed by atoms with Crippen molar-refractivity contribution in [3.8, 4) is 5.75 Å². The van der Waals surface area contributed by atoms with Gasteiger partial charge in [-0.2, -0.15) is 0 Å². The number of nitrogens with one attached hydrogen (secondary N) is 2. The van der Waals surface area contributed by atoms with E-state index in [1.165, 1.54) is 12.5 Å². The first-order chi connectivity index (χ1) is 13.1. The van der Waals surface area contributed by atoms with Gasteiger partial charge in [-0.1, -0.05) is 11.6 Å². The summed E-state index contributed by atoms with van der Waals surface area (Å²) >= 11 is 6.13. The molecule has 0 bridgehead atoms. The summed E-state index contributed by atoms with van der Waals surface area (Å²) in [5.41, 5.74) is 1.14. The summed E-state index contributed by atoms with van der Waals surface area (Å²) in [6, 6.07) is 6.48. The molecule has 27 heavy (non-hydrogen) atoms. The molecule has 1 aliphatic heterocycles. The van der Waals surface area contributed by atoms with Gasteiger partial charge in [-0.3, -0.25) is 4.79 Å². The summed E-state index contributed by atoms with van der Waals surface area (Å²) in [4.78, 5) is 26.3. The molecule has 7 nitrogen and oxygen atoms in total. The van der Waals surface area contributed by atoms with Crippen LogP contribution in [0.15, 0.2) is 41.2 Å². The molecule has 1 aliphatic rings. The van der Waals surface area contributed by atoms with Gasteiger partial charge in [-0.15, -0.1) is 0 Å². The summed E-state index contributed by atoms with van der Waals surface area (Å²) in [5, 5.41) is 6.16. The first-order valence-corrected chi connectivity index (χ1v) is 9.26. The summed E-state index contributed by atoms with van der Waals surface area (Å²) in [6.45, 7) is 3.58. The van der Waals surface area contributed by atoms with Gasteiger partial charge < -0.3 is 24.7 Å². The van der Waals surface area contributed by atoms with E-state index in [9.17, 15) is 9.59 Å². The van der Waals surface area contributed by atoms with Crippen LogP contribution >= 0.6 is 11.6 Å². The zero-order valence-corrected chi connectivity index (χ0v) is 15.8. The van der Waals surface area contributed by atoms with Crippen LogP contribution in [0, 0.1) is 0 Å². The standard InChI is InChI=1S/C19H22ClN3O4/c1-2-27-17-4-3-15(11-16(17)20)22-19(25)21-14-5-8-23(9-6-14)18(24)13-7-10-26-12-13/h3-4,7,10-12,14H,2,5-6,8-9H2,1H3,(H2,21,22,25). The maximum atomic E-state index is 12.3. The second-order valence-corrected chi connectivity index (χ2v) is 6.66. The monoisotopic (exact) mass is 391 g/mol. The largest absolute Gasteiger partial charge is 0.492 e. The Labute approximate surface area is 162 Å². The van der Waals surface area contributed by atoms with Crippen molar-refractivity contribution < 1.29 is 18.7 Å². The fraction of sp³-hybridized carbons (Fsp3) is 0.368. The second-order valence-electron chi connectivity index (χ2n) is 6.26. The Kier molecular flexibility index (Phi) is 6.24. The minimum Gasteiger partial charge on any atom is -0.492 e. The van der Waals surface area contributed by atoms with Crippen LogP contribution in [0.1, 0.15) is 30.1 Å². The van der Waals surface area contributed by atoms with E-state index in [1.54, 1.807) is 29.2 Å². The zero-order chi connectivity index (χ0) is 19.2. The molecule has 0 radical (unpaired) electrons. The van der Waals surface area contributed by atoms with Gasteiger partial charge in [0.05, 0.1) is 23.5 Å². The molecule has 8 heteroatoms. The average molecular weight is 392 g/mol. The maximum absolute atomic E-state index is 12.3. The van der Waals surface area contributed by atoms with E-state index in [0.717, 1.165) is 0 Å². The smallest absolute Gasteiger partial charge is 0.319 e. The van der Waals surface area contributed by atoms with E-state index in [2.05, 4.69) is 10.6 Å².